The summed E-state index contributed by atoms with van der Waals surface area (Å²) in [6.07, 6.45) is 1.82. The molecule has 8 heteroatoms. The maximum atomic E-state index is 10.7. The maximum Gasteiger partial charge on any atom is 0.303 e. The van der Waals surface area contributed by atoms with Gasteiger partial charge in [-0.2, -0.15) is 0 Å². The molecule has 0 saturated heterocycles. The van der Waals surface area contributed by atoms with Crippen molar-refractivity contribution in [1.29, 1.82) is 0 Å². The van der Waals surface area contributed by atoms with Crippen molar-refractivity contribution in [3.63, 3.8) is 0 Å². The first-order chi connectivity index (χ1) is 17.2. The van der Waals surface area contributed by atoms with Gasteiger partial charge in [0.05, 0.1) is 0 Å². The summed E-state index contributed by atoms with van der Waals surface area (Å²) in [6.45, 7) is 22.2. The van der Waals surface area contributed by atoms with Gasteiger partial charge in [0, 0.05) is 12.8 Å². The fourth-order valence-electron chi connectivity index (χ4n) is 2.86. The molecule has 0 saturated carbocycles. The molecule has 1 amide bonds. The van der Waals surface area contributed by atoms with E-state index in [1.54, 1.807) is 0 Å². The molecule has 0 heterocycles. The summed E-state index contributed by atoms with van der Waals surface area (Å²) in [7, 11) is -3.57. The van der Waals surface area contributed by atoms with Gasteiger partial charge in [0.1, 0.15) is 11.5 Å². The smallest absolute Gasteiger partial charge is 0.303 e. The van der Waals surface area contributed by atoms with E-state index in [2.05, 4.69) is 67.7 Å². The van der Waals surface area contributed by atoms with Gasteiger partial charge in [0.2, 0.25) is 22.5 Å². The number of amides is 1. The van der Waals surface area contributed by atoms with E-state index in [9.17, 15) is 9.59 Å². The fourth-order valence-corrected chi connectivity index (χ4v) is 4.93. The van der Waals surface area contributed by atoms with E-state index in [-0.39, 0.29) is 22.4 Å². The first kappa shape index (κ1) is 33.4. The van der Waals surface area contributed by atoms with Gasteiger partial charge in [-0.25, -0.2) is 0 Å². The van der Waals surface area contributed by atoms with Crippen molar-refractivity contribution >= 4 is 28.5 Å². The number of benzene rings is 2. The van der Waals surface area contributed by atoms with E-state index >= 15 is 0 Å². The lowest BCUT2D eigenvalue weighted by molar-refractivity contribution is -0.137. The van der Waals surface area contributed by atoms with Crippen molar-refractivity contribution in [1.82, 2.24) is 0 Å². The van der Waals surface area contributed by atoms with Gasteiger partial charge >= 0.3 is 5.97 Å². The molecule has 2 aromatic carbocycles. The summed E-state index contributed by atoms with van der Waals surface area (Å²) in [5.41, 5.74) is 7.29. The predicted octanol–water partition coefficient (Wildman–Crippen LogP) is 7.58. The Hall–Kier alpha value is -2.59. The van der Waals surface area contributed by atoms with Crippen LogP contribution in [0.1, 0.15) is 65.5 Å². The van der Waals surface area contributed by atoms with Gasteiger partial charge < -0.3 is 19.7 Å². The molecule has 0 bridgehead atoms. The molecule has 0 aliphatic carbocycles. The highest BCUT2D eigenvalue weighted by Gasteiger charge is 2.39. The second-order valence-electron chi connectivity index (χ2n) is 12.9. The highest BCUT2D eigenvalue weighted by molar-refractivity contribution is 6.75. The number of carboxylic acids is 1. The molecule has 38 heavy (non-hydrogen) atoms. The average Bonchev–Trinajstić information content (AvgIpc) is 2.76. The summed E-state index contributed by atoms with van der Waals surface area (Å²) in [5, 5.41) is 9.02. The Kier molecular flexibility index (Phi) is 11.9. The molecule has 6 nitrogen and oxygen atoms in total. The highest BCUT2D eigenvalue weighted by Crippen LogP contribution is 2.38. The molecular weight excluding hydrogens is 511 g/mol. The Labute approximate surface area is 232 Å². The van der Waals surface area contributed by atoms with Crippen LogP contribution in [0.3, 0.4) is 0 Å². The summed E-state index contributed by atoms with van der Waals surface area (Å²) < 4.78 is 12.4. The molecule has 212 valence electrons. The topological polar surface area (TPSA) is 98.8 Å². The molecule has 0 unspecified atom stereocenters. The van der Waals surface area contributed by atoms with Crippen molar-refractivity contribution < 1.29 is 23.5 Å². The van der Waals surface area contributed by atoms with Crippen LogP contribution in [0.15, 0.2) is 48.5 Å². The zero-order chi connectivity index (χ0) is 29.4. The van der Waals surface area contributed by atoms with Crippen LogP contribution in [0.25, 0.3) is 0 Å². The summed E-state index contributed by atoms with van der Waals surface area (Å²) >= 11 is 0. The number of rotatable bonds is 10. The SMILES string of the molecule is CC(C)(C)[Si](C)(C)Oc1ccc(CCC(=O)O)cc1.CC(C)(C)[Si](C)(C)Oc1ccc(CCC(N)=O)cc1. The maximum absolute atomic E-state index is 10.7. The molecule has 0 aromatic heterocycles. The second-order valence-corrected chi connectivity index (χ2v) is 22.3. The monoisotopic (exact) mass is 559 g/mol. The third-order valence-corrected chi connectivity index (χ3v) is 16.2. The van der Waals surface area contributed by atoms with Crippen molar-refractivity contribution in [3.8, 4) is 11.5 Å². The molecule has 0 radical (unpaired) electrons. The summed E-state index contributed by atoms with van der Waals surface area (Å²) in [5.74, 6) is 0.767. The van der Waals surface area contributed by atoms with Crippen molar-refractivity contribution in [2.75, 3.05) is 0 Å². The predicted molar refractivity (Wildman–Crippen MR) is 162 cm³/mol. The van der Waals surface area contributed by atoms with Crippen LogP contribution < -0.4 is 14.6 Å². The third-order valence-electron chi connectivity index (χ3n) is 7.49. The second kappa shape index (κ2) is 13.5. The normalized spacial score (nSPS) is 12.3. The van der Waals surface area contributed by atoms with Gasteiger partial charge in [0.25, 0.3) is 0 Å². The van der Waals surface area contributed by atoms with Crippen LogP contribution in [-0.4, -0.2) is 33.6 Å². The molecule has 2 aromatic rings. The lowest BCUT2D eigenvalue weighted by atomic mass is 10.1. The minimum atomic E-state index is -1.79. The van der Waals surface area contributed by atoms with Crippen LogP contribution in [-0.2, 0) is 22.4 Å². The Balaban J connectivity index is 0.000000380. The first-order valence-corrected chi connectivity index (χ1v) is 19.1. The Morgan fingerprint density at radius 2 is 1.00 bits per heavy atom. The number of aliphatic carboxylic acids is 1. The summed E-state index contributed by atoms with van der Waals surface area (Å²) in [6, 6.07) is 15.8. The highest BCUT2D eigenvalue weighted by atomic mass is 28.4. The molecule has 0 spiro atoms. The van der Waals surface area contributed by atoms with E-state index in [0.717, 1.165) is 22.6 Å². The van der Waals surface area contributed by atoms with Gasteiger partial charge in [-0.3, -0.25) is 9.59 Å². The molecule has 0 fully saturated rings. The fraction of sp³-hybridized carbons (Fsp3) is 0.533. The van der Waals surface area contributed by atoms with E-state index in [0.29, 0.717) is 19.3 Å². The third kappa shape index (κ3) is 11.4. The molecule has 3 N–H and O–H groups in total. The summed E-state index contributed by atoms with van der Waals surface area (Å²) in [4.78, 5) is 21.3. The minimum absolute atomic E-state index is 0.169. The Bertz CT molecular complexity index is 949. The van der Waals surface area contributed by atoms with Gasteiger partial charge in [0.15, 0.2) is 0 Å². The minimum Gasteiger partial charge on any atom is -0.544 e. The quantitative estimate of drug-likeness (QED) is 0.292. The zero-order valence-corrected chi connectivity index (χ0v) is 27.1. The lowest BCUT2D eigenvalue weighted by Crippen LogP contribution is -2.43. The number of carbonyl (C=O) groups is 2. The van der Waals surface area contributed by atoms with Gasteiger partial charge in [-0.05, 0) is 84.5 Å². The number of nitrogens with two attached hydrogens (primary N) is 1. The zero-order valence-electron chi connectivity index (χ0n) is 25.1. The first-order valence-electron chi connectivity index (χ1n) is 13.3. The average molecular weight is 560 g/mol. The number of primary amides is 1. The molecular formula is C30H49NO5Si2. The standard InChI is InChI=1S/C15H25NO2Si.C15H24O3Si/c2*1-15(2,3)19(4,5)18-13-9-6-12(7-10-13)8-11-14(16)17/h6-7,9-10H,8,11H2,1-5H3,(H2,16,17);6-7,9-10H,8,11H2,1-5H3,(H,16,17). The van der Waals surface area contributed by atoms with Crippen molar-refractivity contribution in [2.45, 2.75) is 103 Å². The largest absolute Gasteiger partial charge is 0.544 e. The van der Waals surface area contributed by atoms with Crippen LogP contribution in [0.4, 0.5) is 0 Å². The van der Waals surface area contributed by atoms with E-state index in [4.69, 9.17) is 19.7 Å². The van der Waals surface area contributed by atoms with E-state index in [1.807, 2.05) is 48.5 Å². The lowest BCUT2D eigenvalue weighted by Gasteiger charge is -2.36. The van der Waals surface area contributed by atoms with Crippen LogP contribution in [0.2, 0.25) is 36.3 Å². The number of carbonyl (C=O) groups excluding carboxylic acids is 1. The number of aryl methyl sites for hydroxylation is 2. The number of hydrogen-bond donors (Lipinski definition) is 2. The van der Waals surface area contributed by atoms with E-state index < -0.39 is 22.6 Å². The molecule has 2 rings (SSSR count). The van der Waals surface area contributed by atoms with Crippen molar-refractivity contribution in [3.05, 3.63) is 59.7 Å². The number of carboxylic acid groups (broad SMARTS) is 1. The number of hydrogen-bond acceptors (Lipinski definition) is 4. The molecule has 0 aliphatic heterocycles. The van der Waals surface area contributed by atoms with E-state index in [1.165, 1.54) is 0 Å². The van der Waals surface area contributed by atoms with Gasteiger partial charge in [-0.1, -0.05) is 65.8 Å². The van der Waals surface area contributed by atoms with Crippen LogP contribution >= 0.6 is 0 Å². The Morgan fingerprint density at radius 3 is 1.26 bits per heavy atom. The van der Waals surface area contributed by atoms with Gasteiger partial charge in [-0.15, -0.1) is 0 Å². The van der Waals surface area contributed by atoms with Crippen molar-refractivity contribution in [2.24, 2.45) is 5.73 Å². The molecule has 0 atom stereocenters. The van der Waals surface area contributed by atoms with Crippen LogP contribution in [0.5, 0.6) is 11.5 Å². The Morgan fingerprint density at radius 1 is 0.684 bits per heavy atom. The van der Waals surface area contributed by atoms with Crippen LogP contribution in [0, 0.1) is 0 Å². The molecule has 0 aliphatic rings.